The second kappa shape index (κ2) is 6.54. The first kappa shape index (κ1) is 17.2. The number of hydrogen-bond donors (Lipinski definition) is 0. The predicted molar refractivity (Wildman–Crippen MR) is 85.7 cm³/mol. The zero-order valence-electron chi connectivity index (χ0n) is 12.9. The number of hydrogen-bond acceptors (Lipinski definition) is 4. The highest BCUT2D eigenvalue weighted by molar-refractivity contribution is 7.89. The number of likely N-dealkylation sites (N-methyl/N-ethyl adjacent to an activating group) is 1. The van der Waals surface area contributed by atoms with Gasteiger partial charge in [0.05, 0.1) is 15.5 Å². The zero-order chi connectivity index (χ0) is 16.5. The Balaban J connectivity index is 2.33. The van der Waals surface area contributed by atoms with Gasteiger partial charge in [-0.15, -0.1) is 0 Å². The van der Waals surface area contributed by atoms with Crippen LogP contribution < -0.4 is 0 Å². The Morgan fingerprint density at radius 1 is 1.18 bits per heavy atom. The van der Waals surface area contributed by atoms with Crippen molar-refractivity contribution in [2.24, 2.45) is 0 Å². The molecule has 0 N–H and O–H groups in total. The monoisotopic (exact) mass is 345 g/mol. The maximum absolute atomic E-state index is 12.6. The van der Waals surface area contributed by atoms with E-state index in [0.717, 1.165) is 17.4 Å². The molecule has 1 fully saturated rings. The minimum absolute atomic E-state index is 0.0689. The molecule has 6 nitrogen and oxygen atoms in total. The Hall–Kier alpha value is -1.15. The Bertz CT molecular complexity index is 668. The van der Waals surface area contributed by atoms with Gasteiger partial charge in [0.2, 0.25) is 10.0 Å². The standard InChI is InChI=1S/C14H20ClN3O3S/c1-16(2)22(20,21)11-4-5-13(15)12(10-11)14(19)18-8-6-17(3)7-9-18/h4-5,10H,6-9H2,1-3H3. The second-order valence-electron chi connectivity index (χ2n) is 5.52. The van der Waals surface area contributed by atoms with Crippen LogP contribution in [0.3, 0.4) is 0 Å². The van der Waals surface area contributed by atoms with Crippen LogP contribution in [0.2, 0.25) is 5.02 Å². The lowest BCUT2D eigenvalue weighted by Gasteiger charge is -2.32. The van der Waals surface area contributed by atoms with E-state index < -0.39 is 10.0 Å². The van der Waals surface area contributed by atoms with Gasteiger partial charge in [0, 0.05) is 40.3 Å². The summed E-state index contributed by atoms with van der Waals surface area (Å²) in [5, 5.41) is 0.265. The van der Waals surface area contributed by atoms with E-state index in [1.807, 2.05) is 7.05 Å². The fraction of sp³-hybridized carbons (Fsp3) is 0.500. The van der Waals surface area contributed by atoms with Crippen molar-refractivity contribution >= 4 is 27.5 Å². The second-order valence-corrected chi connectivity index (χ2v) is 8.08. The third-order valence-electron chi connectivity index (χ3n) is 3.74. The maximum Gasteiger partial charge on any atom is 0.255 e. The average Bonchev–Trinajstić information content (AvgIpc) is 2.47. The molecule has 0 bridgehead atoms. The fourth-order valence-electron chi connectivity index (χ4n) is 2.22. The molecule has 0 saturated carbocycles. The van der Waals surface area contributed by atoms with E-state index in [-0.39, 0.29) is 21.4 Å². The molecule has 22 heavy (non-hydrogen) atoms. The lowest BCUT2D eigenvalue weighted by molar-refractivity contribution is 0.0664. The molecule has 1 aromatic carbocycles. The van der Waals surface area contributed by atoms with Crippen molar-refractivity contribution < 1.29 is 13.2 Å². The molecule has 0 unspecified atom stereocenters. The number of carbonyl (C=O) groups excluding carboxylic acids is 1. The average molecular weight is 346 g/mol. The summed E-state index contributed by atoms with van der Waals surface area (Å²) in [7, 11) is 1.31. The first-order valence-corrected chi connectivity index (χ1v) is 8.75. The zero-order valence-corrected chi connectivity index (χ0v) is 14.5. The van der Waals surface area contributed by atoms with E-state index >= 15 is 0 Å². The molecule has 1 amide bonds. The molecule has 0 spiro atoms. The van der Waals surface area contributed by atoms with Gasteiger partial charge in [-0.05, 0) is 25.2 Å². The summed E-state index contributed by atoms with van der Waals surface area (Å²) in [4.78, 5) is 16.5. The topological polar surface area (TPSA) is 60.9 Å². The minimum atomic E-state index is -3.59. The van der Waals surface area contributed by atoms with Crippen molar-refractivity contribution in [3.63, 3.8) is 0 Å². The van der Waals surface area contributed by atoms with E-state index in [1.54, 1.807) is 4.90 Å². The quantitative estimate of drug-likeness (QED) is 0.819. The summed E-state index contributed by atoms with van der Waals surface area (Å²) in [5.41, 5.74) is 0.231. The highest BCUT2D eigenvalue weighted by Crippen LogP contribution is 2.23. The van der Waals surface area contributed by atoms with Gasteiger partial charge < -0.3 is 9.80 Å². The normalized spacial score (nSPS) is 17.0. The highest BCUT2D eigenvalue weighted by atomic mass is 35.5. The van der Waals surface area contributed by atoms with E-state index in [9.17, 15) is 13.2 Å². The van der Waals surface area contributed by atoms with Crippen LogP contribution >= 0.6 is 11.6 Å². The number of amides is 1. The van der Waals surface area contributed by atoms with Crippen LogP contribution in [-0.4, -0.2) is 75.8 Å². The predicted octanol–water partition coefficient (Wildman–Crippen LogP) is 0.978. The summed E-state index contributed by atoms with van der Waals surface area (Å²) in [6.07, 6.45) is 0. The van der Waals surface area contributed by atoms with Gasteiger partial charge in [0.1, 0.15) is 0 Å². The van der Waals surface area contributed by atoms with Crippen LogP contribution in [-0.2, 0) is 10.0 Å². The molecule has 1 aliphatic heterocycles. The summed E-state index contributed by atoms with van der Waals surface area (Å²) >= 11 is 6.10. The fourth-order valence-corrected chi connectivity index (χ4v) is 3.35. The molecule has 1 aromatic rings. The van der Waals surface area contributed by atoms with E-state index in [1.165, 1.54) is 32.3 Å². The SMILES string of the molecule is CN1CCN(C(=O)c2cc(S(=O)(=O)N(C)C)ccc2Cl)CC1. The lowest BCUT2D eigenvalue weighted by atomic mass is 10.2. The number of sulfonamides is 1. The van der Waals surface area contributed by atoms with E-state index in [2.05, 4.69) is 4.90 Å². The van der Waals surface area contributed by atoms with Crippen molar-refractivity contribution in [2.45, 2.75) is 4.90 Å². The van der Waals surface area contributed by atoms with Crippen molar-refractivity contribution in [1.82, 2.24) is 14.1 Å². The first-order chi connectivity index (χ1) is 10.2. The summed E-state index contributed by atoms with van der Waals surface area (Å²) < 4.78 is 25.5. The van der Waals surface area contributed by atoms with Gasteiger partial charge >= 0.3 is 0 Å². The maximum atomic E-state index is 12.6. The number of rotatable bonds is 3. The van der Waals surface area contributed by atoms with E-state index in [0.29, 0.717) is 13.1 Å². The molecule has 0 aromatic heterocycles. The van der Waals surface area contributed by atoms with E-state index in [4.69, 9.17) is 11.6 Å². The summed E-state index contributed by atoms with van der Waals surface area (Å²) in [6, 6.07) is 4.23. The summed E-state index contributed by atoms with van der Waals surface area (Å²) in [5.74, 6) is -0.228. The Morgan fingerprint density at radius 2 is 1.77 bits per heavy atom. The Kier molecular flexibility index (Phi) is 5.11. The molecule has 8 heteroatoms. The van der Waals surface area contributed by atoms with Crippen molar-refractivity contribution in [1.29, 1.82) is 0 Å². The number of nitrogens with zero attached hydrogens (tertiary/aromatic N) is 3. The third-order valence-corrected chi connectivity index (χ3v) is 5.88. The van der Waals surface area contributed by atoms with Gasteiger partial charge in [0.15, 0.2) is 0 Å². The Morgan fingerprint density at radius 3 is 2.32 bits per heavy atom. The van der Waals surface area contributed by atoms with Gasteiger partial charge in [-0.1, -0.05) is 11.6 Å². The van der Waals surface area contributed by atoms with Crippen LogP contribution in [0.5, 0.6) is 0 Å². The molecule has 1 aliphatic rings. The molecule has 0 aliphatic carbocycles. The largest absolute Gasteiger partial charge is 0.336 e. The molecule has 2 rings (SSSR count). The Labute approximate surface area is 136 Å². The highest BCUT2D eigenvalue weighted by Gasteiger charge is 2.25. The van der Waals surface area contributed by atoms with Crippen molar-refractivity contribution in [3.05, 3.63) is 28.8 Å². The van der Waals surface area contributed by atoms with Gasteiger partial charge in [-0.25, -0.2) is 12.7 Å². The lowest BCUT2D eigenvalue weighted by Crippen LogP contribution is -2.47. The van der Waals surface area contributed by atoms with Crippen LogP contribution in [0.25, 0.3) is 0 Å². The van der Waals surface area contributed by atoms with Crippen LogP contribution in [0.1, 0.15) is 10.4 Å². The van der Waals surface area contributed by atoms with Crippen LogP contribution in [0.15, 0.2) is 23.1 Å². The number of benzene rings is 1. The molecule has 0 radical (unpaired) electrons. The minimum Gasteiger partial charge on any atom is -0.336 e. The van der Waals surface area contributed by atoms with Gasteiger partial charge in [-0.2, -0.15) is 0 Å². The third kappa shape index (κ3) is 3.43. The van der Waals surface area contributed by atoms with Crippen LogP contribution in [0.4, 0.5) is 0 Å². The molecule has 122 valence electrons. The van der Waals surface area contributed by atoms with Crippen LogP contribution in [0, 0.1) is 0 Å². The smallest absolute Gasteiger partial charge is 0.255 e. The molecular weight excluding hydrogens is 326 g/mol. The van der Waals surface area contributed by atoms with Gasteiger partial charge in [-0.3, -0.25) is 4.79 Å². The molecule has 0 atom stereocenters. The molecular formula is C14H20ClN3O3S. The summed E-state index contributed by atoms with van der Waals surface area (Å²) in [6.45, 7) is 2.80. The number of halogens is 1. The number of piperazine rings is 1. The van der Waals surface area contributed by atoms with Crippen molar-refractivity contribution in [2.75, 3.05) is 47.3 Å². The molecule has 1 saturated heterocycles. The number of carbonyl (C=O) groups is 1. The van der Waals surface area contributed by atoms with Gasteiger partial charge in [0.25, 0.3) is 5.91 Å². The van der Waals surface area contributed by atoms with Crippen molar-refractivity contribution in [3.8, 4) is 0 Å². The first-order valence-electron chi connectivity index (χ1n) is 6.93. The molecule has 1 heterocycles.